The number of rotatable bonds is 9. The van der Waals surface area contributed by atoms with Crippen LogP contribution >= 0.6 is 11.8 Å². The standard InChI is InChI=1S/C21H20F2N2O2S/c22-21(23)28-19-10-8-17(9-11-19)24-20(26)15-25(14-18-7-4-12-27-18)13-16-5-2-1-3-6-16/h1-12,21H,13-15H2,(H,24,26). The quantitative estimate of drug-likeness (QED) is 0.498. The Morgan fingerprint density at radius 1 is 1.00 bits per heavy atom. The van der Waals surface area contributed by atoms with E-state index in [0.717, 1.165) is 11.3 Å². The zero-order chi connectivity index (χ0) is 19.8. The summed E-state index contributed by atoms with van der Waals surface area (Å²) < 4.78 is 30.2. The lowest BCUT2D eigenvalue weighted by Gasteiger charge is -2.21. The van der Waals surface area contributed by atoms with E-state index in [1.807, 2.05) is 47.4 Å². The van der Waals surface area contributed by atoms with Crippen LogP contribution in [0.1, 0.15) is 11.3 Å². The summed E-state index contributed by atoms with van der Waals surface area (Å²) in [4.78, 5) is 14.9. The minimum Gasteiger partial charge on any atom is -0.468 e. The molecule has 1 heterocycles. The van der Waals surface area contributed by atoms with E-state index in [9.17, 15) is 13.6 Å². The van der Waals surface area contributed by atoms with Gasteiger partial charge in [-0.25, -0.2) is 0 Å². The van der Waals surface area contributed by atoms with E-state index in [1.165, 1.54) is 0 Å². The number of amides is 1. The van der Waals surface area contributed by atoms with Crippen molar-refractivity contribution in [3.8, 4) is 0 Å². The molecule has 0 spiro atoms. The molecule has 3 rings (SSSR count). The molecule has 146 valence electrons. The topological polar surface area (TPSA) is 45.5 Å². The van der Waals surface area contributed by atoms with E-state index in [2.05, 4.69) is 5.32 Å². The van der Waals surface area contributed by atoms with Gasteiger partial charge in [0.2, 0.25) is 5.91 Å². The summed E-state index contributed by atoms with van der Waals surface area (Å²) in [5, 5.41) is 2.81. The lowest BCUT2D eigenvalue weighted by molar-refractivity contribution is -0.117. The smallest absolute Gasteiger partial charge is 0.288 e. The highest BCUT2D eigenvalue weighted by Crippen LogP contribution is 2.26. The molecule has 0 aliphatic rings. The van der Waals surface area contributed by atoms with E-state index in [0.29, 0.717) is 35.4 Å². The first kappa shape index (κ1) is 20.1. The Hall–Kier alpha value is -2.64. The lowest BCUT2D eigenvalue weighted by Crippen LogP contribution is -2.32. The normalized spacial score (nSPS) is 11.1. The molecule has 1 aromatic heterocycles. The highest BCUT2D eigenvalue weighted by Gasteiger charge is 2.14. The molecule has 28 heavy (non-hydrogen) atoms. The molecule has 7 heteroatoms. The van der Waals surface area contributed by atoms with E-state index in [4.69, 9.17) is 4.42 Å². The van der Waals surface area contributed by atoms with E-state index in [1.54, 1.807) is 30.5 Å². The number of nitrogens with one attached hydrogen (secondary N) is 1. The van der Waals surface area contributed by atoms with Crippen LogP contribution in [0.25, 0.3) is 0 Å². The minimum atomic E-state index is -2.46. The first-order valence-electron chi connectivity index (χ1n) is 8.72. The first-order valence-corrected chi connectivity index (χ1v) is 9.60. The number of furan rings is 1. The van der Waals surface area contributed by atoms with Crippen molar-refractivity contribution in [3.05, 3.63) is 84.3 Å². The summed E-state index contributed by atoms with van der Waals surface area (Å²) in [6.07, 6.45) is 1.61. The van der Waals surface area contributed by atoms with Crippen molar-refractivity contribution in [2.75, 3.05) is 11.9 Å². The third-order valence-corrected chi connectivity index (χ3v) is 4.66. The Balaban J connectivity index is 1.61. The van der Waals surface area contributed by atoms with Crippen LogP contribution in [0.2, 0.25) is 0 Å². The average molecular weight is 402 g/mol. The van der Waals surface area contributed by atoms with Crippen molar-refractivity contribution in [2.24, 2.45) is 0 Å². The number of nitrogens with zero attached hydrogens (tertiary/aromatic N) is 1. The van der Waals surface area contributed by atoms with E-state index >= 15 is 0 Å². The summed E-state index contributed by atoms with van der Waals surface area (Å²) in [5.41, 5.74) is 1.66. The van der Waals surface area contributed by atoms with Gasteiger partial charge < -0.3 is 9.73 Å². The molecular formula is C21H20F2N2O2S. The second-order valence-corrected chi connectivity index (χ2v) is 7.22. The highest BCUT2D eigenvalue weighted by atomic mass is 32.2. The fourth-order valence-electron chi connectivity index (χ4n) is 2.76. The number of alkyl halides is 2. The van der Waals surface area contributed by atoms with Crippen molar-refractivity contribution >= 4 is 23.4 Å². The molecule has 0 fully saturated rings. The number of thioether (sulfide) groups is 1. The third kappa shape index (κ3) is 6.51. The average Bonchev–Trinajstić information content (AvgIpc) is 3.16. The van der Waals surface area contributed by atoms with Gasteiger partial charge in [-0.15, -0.1) is 0 Å². The molecule has 0 saturated heterocycles. The largest absolute Gasteiger partial charge is 0.468 e. The minimum absolute atomic E-state index is 0.170. The molecule has 2 aromatic carbocycles. The molecular weight excluding hydrogens is 382 g/mol. The SMILES string of the molecule is O=C(CN(Cc1ccccc1)Cc1ccco1)Nc1ccc(SC(F)F)cc1. The van der Waals surface area contributed by atoms with Crippen LogP contribution in [0.15, 0.2) is 82.3 Å². The maximum Gasteiger partial charge on any atom is 0.288 e. The number of hydrogen-bond acceptors (Lipinski definition) is 4. The van der Waals surface area contributed by atoms with Crippen LogP contribution in [-0.2, 0) is 17.9 Å². The zero-order valence-electron chi connectivity index (χ0n) is 15.1. The van der Waals surface area contributed by atoms with Crippen LogP contribution in [-0.4, -0.2) is 23.1 Å². The van der Waals surface area contributed by atoms with Crippen LogP contribution in [0.3, 0.4) is 0 Å². The van der Waals surface area contributed by atoms with Crippen LogP contribution < -0.4 is 5.32 Å². The predicted octanol–water partition coefficient (Wildman–Crippen LogP) is 5.24. The second-order valence-electron chi connectivity index (χ2n) is 6.16. The first-order chi connectivity index (χ1) is 13.6. The number of carbonyl (C=O) groups excluding carboxylic acids is 1. The van der Waals surface area contributed by atoms with Gasteiger partial charge in [0.1, 0.15) is 5.76 Å². The molecule has 0 bridgehead atoms. The molecule has 0 aliphatic carbocycles. The van der Waals surface area contributed by atoms with Crippen molar-refractivity contribution in [3.63, 3.8) is 0 Å². The number of halogens is 2. The Morgan fingerprint density at radius 3 is 2.39 bits per heavy atom. The molecule has 1 N–H and O–H groups in total. The fourth-order valence-corrected chi connectivity index (χ4v) is 3.25. The molecule has 1 amide bonds. The summed E-state index contributed by atoms with van der Waals surface area (Å²) >= 11 is 0.475. The maximum absolute atomic E-state index is 12.5. The lowest BCUT2D eigenvalue weighted by atomic mass is 10.2. The van der Waals surface area contributed by atoms with Crippen molar-refractivity contribution in [2.45, 2.75) is 23.7 Å². The van der Waals surface area contributed by atoms with Gasteiger partial charge in [-0.05, 0) is 42.0 Å². The maximum atomic E-state index is 12.5. The Morgan fingerprint density at radius 2 is 1.75 bits per heavy atom. The van der Waals surface area contributed by atoms with Gasteiger partial charge >= 0.3 is 0 Å². The van der Waals surface area contributed by atoms with Gasteiger partial charge in [0, 0.05) is 17.1 Å². The van der Waals surface area contributed by atoms with Crippen molar-refractivity contribution in [1.82, 2.24) is 4.90 Å². The fraction of sp³-hybridized carbons (Fsp3) is 0.190. The summed E-state index contributed by atoms with van der Waals surface area (Å²) in [5.74, 6) is -1.87. The monoisotopic (exact) mass is 402 g/mol. The molecule has 0 radical (unpaired) electrons. The number of benzene rings is 2. The van der Waals surface area contributed by atoms with Gasteiger partial charge in [-0.3, -0.25) is 9.69 Å². The van der Waals surface area contributed by atoms with Crippen LogP contribution in [0, 0.1) is 0 Å². The van der Waals surface area contributed by atoms with E-state index < -0.39 is 5.76 Å². The molecule has 0 unspecified atom stereocenters. The van der Waals surface area contributed by atoms with Gasteiger partial charge in [0.15, 0.2) is 0 Å². The Labute approximate surface area is 166 Å². The Bertz CT molecular complexity index is 856. The number of anilines is 1. The summed E-state index contributed by atoms with van der Waals surface area (Å²) in [6.45, 7) is 1.27. The number of carbonyl (C=O) groups is 1. The summed E-state index contributed by atoms with van der Waals surface area (Å²) in [7, 11) is 0. The molecule has 4 nitrogen and oxygen atoms in total. The van der Waals surface area contributed by atoms with Crippen molar-refractivity contribution < 1.29 is 18.0 Å². The predicted molar refractivity (Wildman–Crippen MR) is 106 cm³/mol. The molecule has 0 atom stereocenters. The van der Waals surface area contributed by atoms with Gasteiger partial charge in [-0.1, -0.05) is 42.1 Å². The highest BCUT2D eigenvalue weighted by molar-refractivity contribution is 7.99. The van der Waals surface area contributed by atoms with E-state index in [-0.39, 0.29) is 12.5 Å². The Kier molecular flexibility index (Phi) is 7.22. The molecule has 0 aliphatic heterocycles. The molecule has 0 saturated carbocycles. The van der Waals surface area contributed by atoms with Crippen molar-refractivity contribution in [1.29, 1.82) is 0 Å². The van der Waals surface area contributed by atoms with Gasteiger partial charge in [-0.2, -0.15) is 8.78 Å². The zero-order valence-corrected chi connectivity index (χ0v) is 15.9. The van der Waals surface area contributed by atoms with Gasteiger partial charge in [0.05, 0.1) is 19.4 Å². The summed E-state index contributed by atoms with van der Waals surface area (Å²) in [6, 6.07) is 19.9. The molecule has 3 aromatic rings. The number of hydrogen-bond donors (Lipinski definition) is 1. The van der Waals surface area contributed by atoms with Crippen LogP contribution in [0.4, 0.5) is 14.5 Å². The second kappa shape index (κ2) is 10.1. The third-order valence-electron chi connectivity index (χ3n) is 3.94. The van der Waals surface area contributed by atoms with Gasteiger partial charge in [0.25, 0.3) is 5.76 Å². The van der Waals surface area contributed by atoms with Crippen LogP contribution in [0.5, 0.6) is 0 Å².